The molecule has 1 aromatic heterocycles. The molecule has 0 radical (unpaired) electrons. The number of nitrogens with two attached hydrogens (primary N) is 1. The van der Waals surface area contributed by atoms with E-state index in [9.17, 15) is 4.21 Å². The summed E-state index contributed by atoms with van der Waals surface area (Å²) in [6, 6.07) is 3.56. The number of hydrogen-bond donors (Lipinski definition) is 2. The molecule has 6 heteroatoms. The van der Waals surface area contributed by atoms with Crippen LogP contribution in [0.25, 0.3) is 0 Å². The van der Waals surface area contributed by atoms with Gasteiger partial charge in [-0.15, -0.1) is 0 Å². The van der Waals surface area contributed by atoms with Gasteiger partial charge in [0.25, 0.3) is 0 Å². The molecule has 1 heterocycles. The number of hydrogen-bond acceptors (Lipinski definition) is 5. The van der Waals surface area contributed by atoms with Crippen LogP contribution in [0.15, 0.2) is 12.1 Å². The highest BCUT2D eigenvalue weighted by Gasteiger charge is 2.04. The molecular formula is C12H21N3O2S. The summed E-state index contributed by atoms with van der Waals surface area (Å²) >= 11 is 0. The molecule has 18 heavy (non-hydrogen) atoms. The Labute approximate surface area is 111 Å². The molecule has 5 nitrogen and oxygen atoms in total. The summed E-state index contributed by atoms with van der Waals surface area (Å²) in [6.07, 6.45) is 0.911. The number of nitrogens with one attached hydrogen (secondary N) is 1. The third kappa shape index (κ3) is 4.91. The zero-order valence-electron chi connectivity index (χ0n) is 10.9. The first-order valence-corrected chi connectivity index (χ1v) is 7.64. The maximum Gasteiger partial charge on any atom is 0.239 e. The van der Waals surface area contributed by atoms with Crippen molar-refractivity contribution in [2.45, 2.75) is 20.3 Å². The summed E-state index contributed by atoms with van der Waals surface area (Å²) in [4.78, 5) is 4.28. The van der Waals surface area contributed by atoms with Crippen LogP contribution in [0.1, 0.15) is 20.3 Å². The Balaban J connectivity index is 2.53. The van der Waals surface area contributed by atoms with Gasteiger partial charge >= 0.3 is 0 Å². The van der Waals surface area contributed by atoms with E-state index in [0.29, 0.717) is 42.0 Å². The number of nitrogens with zero attached hydrogens (tertiary/aromatic N) is 1. The summed E-state index contributed by atoms with van der Waals surface area (Å²) in [5, 5.41) is 3.11. The molecule has 1 atom stereocenters. The molecule has 102 valence electrons. The van der Waals surface area contributed by atoms with Gasteiger partial charge in [0.05, 0.1) is 12.3 Å². The summed E-state index contributed by atoms with van der Waals surface area (Å²) in [5.41, 5.74) is 6.30. The fourth-order valence-electron chi connectivity index (χ4n) is 1.30. The molecule has 0 bridgehead atoms. The minimum atomic E-state index is -0.761. The van der Waals surface area contributed by atoms with Crippen molar-refractivity contribution in [3.63, 3.8) is 0 Å². The van der Waals surface area contributed by atoms with E-state index in [1.165, 1.54) is 0 Å². The largest absolute Gasteiger partial charge is 0.476 e. The first-order valence-electron chi connectivity index (χ1n) is 6.15. The molecule has 1 unspecified atom stereocenters. The van der Waals surface area contributed by atoms with Crippen LogP contribution in [0, 0.1) is 0 Å². The average Bonchev–Trinajstić information content (AvgIpc) is 2.38. The first kappa shape index (κ1) is 14.8. The second kappa shape index (κ2) is 7.92. The molecule has 0 aliphatic carbocycles. The number of pyridine rings is 1. The number of nitrogen functional groups attached to an aromatic ring is 1. The Morgan fingerprint density at radius 3 is 2.89 bits per heavy atom. The van der Waals surface area contributed by atoms with Crippen molar-refractivity contribution in [1.29, 1.82) is 0 Å². The summed E-state index contributed by atoms with van der Waals surface area (Å²) in [5.74, 6) is 2.46. The normalized spacial score (nSPS) is 12.1. The Bertz CT molecular complexity index is 399. The van der Waals surface area contributed by atoms with Gasteiger partial charge in [-0.05, 0) is 18.6 Å². The molecule has 0 spiro atoms. The molecule has 3 N–H and O–H groups in total. The molecule has 0 aliphatic rings. The van der Waals surface area contributed by atoms with Crippen LogP contribution in [0.4, 0.5) is 11.5 Å². The maximum atomic E-state index is 11.3. The average molecular weight is 271 g/mol. The highest BCUT2D eigenvalue weighted by molar-refractivity contribution is 7.84. The summed E-state index contributed by atoms with van der Waals surface area (Å²) in [7, 11) is -0.761. The summed E-state index contributed by atoms with van der Waals surface area (Å²) < 4.78 is 16.7. The van der Waals surface area contributed by atoms with Crippen molar-refractivity contribution in [3.8, 4) is 5.88 Å². The molecule has 0 fully saturated rings. The fourth-order valence-corrected chi connectivity index (χ4v) is 1.92. The lowest BCUT2D eigenvalue weighted by Gasteiger charge is -2.10. The van der Waals surface area contributed by atoms with Crippen LogP contribution >= 0.6 is 0 Å². The van der Waals surface area contributed by atoms with E-state index < -0.39 is 10.8 Å². The van der Waals surface area contributed by atoms with Crippen LogP contribution in [-0.2, 0) is 10.8 Å². The minimum absolute atomic E-state index is 0.457. The van der Waals surface area contributed by atoms with E-state index in [4.69, 9.17) is 10.5 Å². The van der Waals surface area contributed by atoms with Crippen LogP contribution < -0.4 is 15.8 Å². The van der Waals surface area contributed by atoms with Crippen molar-refractivity contribution in [2.24, 2.45) is 0 Å². The predicted octanol–water partition coefficient (Wildman–Crippen LogP) is 1.63. The van der Waals surface area contributed by atoms with E-state index in [1.54, 1.807) is 12.1 Å². The second-order valence-corrected chi connectivity index (χ2v) is 5.66. The monoisotopic (exact) mass is 271 g/mol. The van der Waals surface area contributed by atoms with E-state index in [2.05, 4.69) is 10.3 Å². The minimum Gasteiger partial charge on any atom is -0.476 e. The van der Waals surface area contributed by atoms with Crippen LogP contribution in [0.5, 0.6) is 5.88 Å². The van der Waals surface area contributed by atoms with Crippen LogP contribution in [-0.4, -0.2) is 33.9 Å². The second-order valence-electron chi connectivity index (χ2n) is 3.80. The Morgan fingerprint density at radius 2 is 2.22 bits per heavy atom. The lowest BCUT2D eigenvalue weighted by molar-refractivity contribution is 0.307. The molecule has 0 aromatic carbocycles. The fraction of sp³-hybridized carbons (Fsp3) is 0.583. The highest BCUT2D eigenvalue weighted by Crippen LogP contribution is 2.20. The third-order valence-electron chi connectivity index (χ3n) is 2.29. The van der Waals surface area contributed by atoms with Crippen molar-refractivity contribution in [3.05, 3.63) is 12.1 Å². The van der Waals surface area contributed by atoms with E-state index in [1.807, 2.05) is 13.8 Å². The lowest BCUT2D eigenvalue weighted by Crippen LogP contribution is -2.13. The van der Waals surface area contributed by atoms with Gasteiger partial charge in [-0.1, -0.05) is 13.8 Å². The predicted molar refractivity (Wildman–Crippen MR) is 76.5 cm³/mol. The zero-order valence-corrected chi connectivity index (χ0v) is 11.8. The smallest absolute Gasteiger partial charge is 0.239 e. The quantitative estimate of drug-likeness (QED) is 0.751. The summed E-state index contributed by atoms with van der Waals surface area (Å²) in [6.45, 7) is 5.16. The molecule has 0 saturated heterocycles. The number of aromatic nitrogens is 1. The van der Waals surface area contributed by atoms with Gasteiger partial charge < -0.3 is 15.8 Å². The van der Waals surface area contributed by atoms with Gasteiger partial charge in [0.2, 0.25) is 5.88 Å². The van der Waals surface area contributed by atoms with Gasteiger partial charge in [-0.25, -0.2) is 0 Å². The van der Waals surface area contributed by atoms with Crippen molar-refractivity contribution in [2.75, 3.05) is 35.7 Å². The van der Waals surface area contributed by atoms with Crippen molar-refractivity contribution >= 4 is 22.3 Å². The van der Waals surface area contributed by atoms with Gasteiger partial charge in [0, 0.05) is 28.9 Å². The Morgan fingerprint density at radius 1 is 1.44 bits per heavy atom. The van der Waals surface area contributed by atoms with Crippen LogP contribution in [0.2, 0.25) is 0 Å². The van der Waals surface area contributed by atoms with Crippen molar-refractivity contribution < 1.29 is 8.95 Å². The number of rotatable bonds is 8. The van der Waals surface area contributed by atoms with Crippen LogP contribution in [0.3, 0.4) is 0 Å². The van der Waals surface area contributed by atoms with Gasteiger partial charge in [-0.3, -0.25) is 4.21 Å². The topological polar surface area (TPSA) is 77.2 Å². The van der Waals surface area contributed by atoms with Gasteiger partial charge in [-0.2, -0.15) is 4.98 Å². The molecule has 0 amide bonds. The molecular weight excluding hydrogens is 250 g/mol. The standard InChI is InChI=1S/C12H21N3O2S/c1-3-8-17-12-10(13)5-6-11(15-12)14-7-9-18(16)4-2/h5-6H,3-4,7-9,13H2,1-2H3,(H,14,15). The third-order valence-corrected chi connectivity index (χ3v) is 3.59. The molecule has 0 aliphatic heterocycles. The number of ether oxygens (including phenoxy) is 1. The van der Waals surface area contributed by atoms with Gasteiger partial charge in [0.15, 0.2) is 0 Å². The van der Waals surface area contributed by atoms with E-state index >= 15 is 0 Å². The van der Waals surface area contributed by atoms with Gasteiger partial charge in [0.1, 0.15) is 5.82 Å². The first-order chi connectivity index (χ1) is 8.67. The highest BCUT2D eigenvalue weighted by atomic mass is 32.2. The molecule has 1 rings (SSSR count). The Kier molecular flexibility index (Phi) is 6.49. The Hall–Kier alpha value is -1.30. The maximum absolute atomic E-state index is 11.3. The van der Waals surface area contributed by atoms with E-state index in [-0.39, 0.29) is 0 Å². The lowest BCUT2D eigenvalue weighted by atomic mass is 10.4. The molecule has 0 saturated carbocycles. The van der Waals surface area contributed by atoms with Crippen molar-refractivity contribution in [1.82, 2.24) is 4.98 Å². The molecule has 1 aromatic rings. The zero-order chi connectivity index (χ0) is 13.4. The SMILES string of the molecule is CCCOc1nc(NCCS(=O)CC)ccc1N. The van der Waals surface area contributed by atoms with E-state index in [0.717, 1.165) is 6.42 Å². The number of anilines is 2.